The van der Waals surface area contributed by atoms with Gasteiger partial charge in [0.05, 0.1) is 17.8 Å². The lowest BCUT2D eigenvalue weighted by Crippen LogP contribution is -2.58. The van der Waals surface area contributed by atoms with Gasteiger partial charge in [0.1, 0.15) is 0 Å². The van der Waals surface area contributed by atoms with Gasteiger partial charge in [-0.2, -0.15) is 0 Å². The van der Waals surface area contributed by atoms with Crippen LogP contribution in [0.15, 0.2) is 0 Å². The Morgan fingerprint density at radius 3 is 2.10 bits per heavy atom. The van der Waals surface area contributed by atoms with Crippen molar-refractivity contribution in [3.8, 4) is 0 Å². The van der Waals surface area contributed by atoms with Crippen molar-refractivity contribution in [2.75, 3.05) is 26.2 Å². The van der Waals surface area contributed by atoms with Gasteiger partial charge in [-0.15, -0.1) is 0 Å². The maximum Gasteiger partial charge on any atom is 0.0760 e. The summed E-state index contributed by atoms with van der Waals surface area (Å²) in [5.74, 6) is 0. The average molecular weight is 286 g/mol. The quantitative estimate of drug-likeness (QED) is 0.784. The highest BCUT2D eigenvalue weighted by Gasteiger charge is 2.38. The van der Waals surface area contributed by atoms with Crippen molar-refractivity contribution in [3.63, 3.8) is 0 Å². The highest BCUT2D eigenvalue weighted by molar-refractivity contribution is 4.91. The van der Waals surface area contributed by atoms with Crippen molar-refractivity contribution in [2.45, 2.75) is 77.7 Å². The summed E-state index contributed by atoms with van der Waals surface area (Å²) in [5, 5.41) is 13.1. The standard InChI is InChI=1S/C16H34N2O2/c1-13(2)17-16(7,12-19)8-9-18-10-14(3,4)20-15(5,6)11-18/h13,17,19H,8-12H2,1-7H3. The summed E-state index contributed by atoms with van der Waals surface area (Å²) in [6.07, 6.45) is 0.938. The molecular formula is C16H34N2O2. The first kappa shape index (κ1) is 17.9. The molecule has 1 aliphatic rings. The molecule has 1 unspecified atom stereocenters. The van der Waals surface area contributed by atoms with Crippen LogP contribution in [0.4, 0.5) is 0 Å². The van der Waals surface area contributed by atoms with Crippen LogP contribution in [0.5, 0.6) is 0 Å². The predicted octanol–water partition coefficient (Wildman–Crippen LogP) is 2.01. The summed E-state index contributed by atoms with van der Waals surface area (Å²) >= 11 is 0. The summed E-state index contributed by atoms with van der Waals surface area (Å²) in [6, 6.07) is 0.379. The maximum absolute atomic E-state index is 9.66. The van der Waals surface area contributed by atoms with Crippen LogP contribution < -0.4 is 5.32 Å². The van der Waals surface area contributed by atoms with Gasteiger partial charge in [-0.1, -0.05) is 13.8 Å². The van der Waals surface area contributed by atoms with E-state index in [1.807, 2.05) is 0 Å². The van der Waals surface area contributed by atoms with E-state index in [0.29, 0.717) is 6.04 Å². The third-order valence-corrected chi connectivity index (χ3v) is 3.73. The number of rotatable bonds is 6. The number of morpholine rings is 1. The van der Waals surface area contributed by atoms with Crippen LogP contribution in [0.3, 0.4) is 0 Å². The van der Waals surface area contributed by atoms with Crippen LogP contribution in [0.25, 0.3) is 0 Å². The average Bonchev–Trinajstić information content (AvgIpc) is 2.21. The van der Waals surface area contributed by atoms with Gasteiger partial charge in [-0.25, -0.2) is 0 Å². The Morgan fingerprint density at radius 1 is 1.20 bits per heavy atom. The van der Waals surface area contributed by atoms with Crippen LogP contribution in [0, 0.1) is 0 Å². The minimum atomic E-state index is -0.208. The molecule has 0 saturated carbocycles. The van der Waals surface area contributed by atoms with E-state index in [2.05, 4.69) is 58.7 Å². The zero-order chi connectivity index (χ0) is 15.6. The van der Waals surface area contributed by atoms with E-state index < -0.39 is 0 Å². The van der Waals surface area contributed by atoms with Crippen molar-refractivity contribution < 1.29 is 9.84 Å². The molecule has 1 fully saturated rings. The Bertz CT molecular complexity index is 300. The molecule has 1 saturated heterocycles. The van der Waals surface area contributed by atoms with E-state index in [0.717, 1.165) is 26.1 Å². The van der Waals surface area contributed by atoms with Gasteiger partial charge in [0.2, 0.25) is 0 Å². The molecule has 2 N–H and O–H groups in total. The SMILES string of the molecule is CC(C)NC(C)(CO)CCN1CC(C)(C)OC(C)(C)C1. The topological polar surface area (TPSA) is 44.7 Å². The second-order valence-corrected chi connectivity index (χ2v) is 8.10. The molecule has 20 heavy (non-hydrogen) atoms. The van der Waals surface area contributed by atoms with E-state index in [-0.39, 0.29) is 23.3 Å². The van der Waals surface area contributed by atoms with E-state index in [4.69, 9.17) is 4.74 Å². The van der Waals surface area contributed by atoms with Crippen molar-refractivity contribution >= 4 is 0 Å². The molecule has 0 spiro atoms. The fourth-order valence-electron chi connectivity index (χ4n) is 3.40. The van der Waals surface area contributed by atoms with E-state index in [1.54, 1.807) is 0 Å². The van der Waals surface area contributed by atoms with Crippen LogP contribution in [-0.4, -0.2) is 59.0 Å². The summed E-state index contributed by atoms with van der Waals surface area (Å²) in [5.41, 5.74) is -0.424. The summed E-state index contributed by atoms with van der Waals surface area (Å²) in [6.45, 7) is 18.0. The third-order valence-electron chi connectivity index (χ3n) is 3.73. The highest BCUT2D eigenvalue weighted by atomic mass is 16.5. The van der Waals surface area contributed by atoms with E-state index in [9.17, 15) is 5.11 Å². The van der Waals surface area contributed by atoms with Crippen molar-refractivity contribution in [3.05, 3.63) is 0 Å². The Balaban J connectivity index is 2.59. The molecule has 1 atom stereocenters. The first-order valence-corrected chi connectivity index (χ1v) is 7.78. The first-order valence-electron chi connectivity index (χ1n) is 7.78. The Hall–Kier alpha value is -0.160. The number of aliphatic hydroxyl groups is 1. The molecule has 0 bridgehead atoms. The summed E-state index contributed by atoms with van der Waals surface area (Å²) in [4.78, 5) is 2.46. The second-order valence-electron chi connectivity index (χ2n) is 8.10. The summed E-state index contributed by atoms with van der Waals surface area (Å²) < 4.78 is 6.11. The Morgan fingerprint density at radius 2 is 1.70 bits per heavy atom. The van der Waals surface area contributed by atoms with E-state index >= 15 is 0 Å². The van der Waals surface area contributed by atoms with E-state index in [1.165, 1.54) is 0 Å². The maximum atomic E-state index is 9.66. The monoisotopic (exact) mass is 286 g/mol. The number of hydrogen-bond donors (Lipinski definition) is 2. The minimum absolute atomic E-state index is 0.108. The molecular weight excluding hydrogens is 252 g/mol. The highest BCUT2D eigenvalue weighted by Crippen LogP contribution is 2.28. The number of nitrogens with zero attached hydrogens (tertiary/aromatic N) is 1. The van der Waals surface area contributed by atoms with Crippen molar-refractivity contribution in [1.29, 1.82) is 0 Å². The van der Waals surface area contributed by atoms with Gasteiger partial charge < -0.3 is 15.2 Å². The van der Waals surface area contributed by atoms with Gasteiger partial charge in [-0.3, -0.25) is 4.90 Å². The number of hydrogen-bond acceptors (Lipinski definition) is 4. The largest absolute Gasteiger partial charge is 0.394 e. The molecule has 0 amide bonds. The lowest BCUT2D eigenvalue weighted by Gasteiger charge is -2.48. The van der Waals surface area contributed by atoms with Gasteiger partial charge in [-0.05, 0) is 41.0 Å². The Kier molecular flexibility index (Phi) is 5.64. The normalized spacial score (nSPS) is 25.6. The molecule has 1 rings (SSSR count). The molecule has 0 aromatic heterocycles. The zero-order valence-electron chi connectivity index (χ0n) is 14.4. The predicted molar refractivity (Wildman–Crippen MR) is 84.1 cm³/mol. The lowest BCUT2D eigenvalue weighted by molar-refractivity contribution is -0.181. The fourth-order valence-corrected chi connectivity index (χ4v) is 3.40. The molecule has 0 aromatic carbocycles. The first-order chi connectivity index (χ1) is 8.97. The smallest absolute Gasteiger partial charge is 0.0760 e. The van der Waals surface area contributed by atoms with Crippen LogP contribution in [0.1, 0.15) is 54.9 Å². The Labute approximate surface area is 124 Å². The number of aliphatic hydroxyl groups excluding tert-OH is 1. The van der Waals surface area contributed by atoms with Gasteiger partial charge in [0.25, 0.3) is 0 Å². The molecule has 0 aromatic rings. The van der Waals surface area contributed by atoms with Crippen molar-refractivity contribution in [1.82, 2.24) is 10.2 Å². The van der Waals surface area contributed by atoms with Gasteiger partial charge in [0, 0.05) is 31.2 Å². The molecule has 120 valence electrons. The molecule has 4 nitrogen and oxygen atoms in total. The number of nitrogens with one attached hydrogen (secondary N) is 1. The fraction of sp³-hybridized carbons (Fsp3) is 1.00. The minimum Gasteiger partial charge on any atom is -0.394 e. The van der Waals surface area contributed by atoms with Gasteiger partial charge >= 0.3 is 0 Å². The van der Waals surface area contributed by atoms with Gasteiger partial charge in [0.15, 0.2) is 0 Å². The molecule has 1 aliphatic heterocycles. The van der Waals surface area contributed by atoms with Crippen LogP contribution >= 0.6 is 0 Å². The zero-order valence-corrected chi connectivity index (χ0v) is 14.4. The van der Waals surface area contributed by atoms with Crippen LogP contribution in [-0.2, 0) is 4.74 Å². The third kappa shape index (κ3) is 5.68. The van der Waals surface area contributed by atoms with Crippen molar-refractivity contribution in [2.24, 2.45) is 0 Å². The molecule has 1 heterocycles. The van der Waals surface area contributed by atoms with Crippen LogP contribution in [0.2, 0.25) is 0 Å². The number of ether oxygens (including phenoxy) is 1. The second kappa shape index (κ2) is 6.30. The molecule has 0 aliphatic carbocycles. The molecule has 0 radical (unpaired) electrons. The lowest BCUT2D eigenvalue weighted by atomic mass is 9.94. The summed E-state index contributed by atoms with van der Waals surface area (Å²) in [7, 11) is 0. The molecule has 4 heteroatoms.